The Kier molecular flexibility index (Phi) is 5.74. The van der Waals surface area contributed by atoms with Crippen molar-refractivity contribution in [2.45, 2.75) is 11.4 Å². The van der Waals surface area contributed by atoms with E-state index in [0.717, 1.165) is 16.3 Å². The average molecular weight is 353 g/mol. The van der Waals surface area contributed by atoms with Crippen LogP contribution < -0.4 is 5.32 Å². The fourth-order valence-corrected chi connectivity index (χ4v) is 3.02. The zero-order chi connectivity index (χ0) is 17.5. The number of nitrogens with zero attached hydrogens (tertiary/aromatic N) is 2. The lowest BCUT2D eigenvalue weighted by Gasteiger charge is -2.06. The highest BCUT2D eigenvalue weighted by molar-refractivity contribution is 7.99. The highest BCUT2D eigenvalue weighted by Crippen LogP contribution is 2.22. The Morgan fingerprint density at radius 1 is 1.04 bits per heavy atom. The molecule has 1 amide bonds. The van der Waals surface area contributed by atoms with Gasteiger partial charge in [0.25, 0.3) is 0 Å². The van der Waals surface area contributed by atoms with Gasteiger partial charge < -0.3 is 5.32 Å². The van der Waals surface area contributed by atoms with Crippen LogP contribution in [0.2, 0.25) is 0 Å². The van der Waals surface area contributed by atoms with Gasteiger partial charge in [0, 0.05) is 17.7 Å². The van der Waals surface area contributed by atoms with Crippen LogP contribution in [0.1, 0.15) is 6.42 Å². The summed E-state index contributed by atoms with van der Waals surface area (Å²) in [7, 11) is 0. The number of para-hydroxylation sites is 1. The molecule has 2 aromatic carbocycles. The van der Waals surface area contributed by atoms with E-state index >= 15 is 0 Å². The Hall–Kier alpha value is -2.73. The molecule has 0 atom stereocenters. The Morgan fingerprint density at radius 3 is 2.60 bits per heavy atom. The predicted molar refractivity (Wildman–Crippen MR) is 97.8 cm³/mol. The summed E-state index contributed by atoms with van der Waals surface area (Å²) in [5.74, 6) is -0.118. The summed E-state index contributed by atoms with van der Waals surface area (Å²) in [5, 5.41) is 3.37. The number of thioether (sulfide) groups is 1. The van der Waals surface area contributed by atoms with Crippen LogP contribution in [0.3, 0.4) is 0 Å². The van der Waals surface area contributed by atoms with Crippen LogP contribution in [0.25, 0.3) is 11.3 Å². The minimum Gasteiger partial charge on any atom is -0.324 e. The van der Waals surface area contributed by atoms with Crippen molar-refractivity contribution < 1.29 is 9.18 Å². The minimum atomic E-state index is -0.438. The van der Waals surface area contributed by atoms with Gasteiger partial charge in [-0.2, -0.15) is 0 Å². The van der Waals surface area contributed by atoms with E-state index in [1.54, 1.807) is 12.1 Å². The summed E-state index contributed by atoms with van der Waals surface area (Å²) in [6.45, 7) is 0. The number of hydrogen-bond donors (Lipinski definition) is 1. The third-order valence-corrected chi connectivity index (χ3v) is 4.37. The van der Waals surface area contributed by atoms with E-state index < -0.39 is 5.82 Å². The lowest BCUT2D eigenvalue weighted by molar-refractivity contribution is -0.115. The van der Waals surface area contributed by atoms with Gasteiger partial charge in [0.05, 0.1) is 16.4 Å². The van der Waals surface area contributed by atoms with E-state index in [-0.39, 0.29) is 18.0 Å². The van der Waals surface area contributed by atoms with Gasteiger partial charge in [-0.1, -0.05) is 42.5 Å². The number of amides is 1. The molecule has 0 radical (unpaired) electrons. The normalized spacial score (nSPS) is 10.4. The standard InChI is InChI=1S/C19H16FN3OS/c20-15-8-4-5-9-16(15)23-18(24)10-11-25-19-12-17(21-13-22-19)14-6-2-1-3-7-14/h1-9,12-13H,10-11H2,(H,23,24). The highest BCUT2D eigenvalue weighted by Gasteiger charge is 2.07. The second-order valence-corrected chi connectivity index (χ2v) is 6.35. The summed E-state index contributed by atoms with van der Waals surface area (Å²) in [4.78, 5) is 20.4. The number of benzene rings is 2. The van der Waals surface area contributed by atoms with Gasteiger partial charge in [-0.05, 0) is 18.2 Å². The highest BCUT2D eigenvalue weighted by atomic mass is 32.2. The first-order valence-corrected chi connectivity index (χ1v) is 8.75. The third kappa shape index (κ3) is 4.87. The Labute approximate surface area is 149 Å². The molecule has 3 rings (SSSR count). The number of halogens is 1. The average Bonchev–Trinajstić information content (AvgIpc) is 2.65. The van der Waals surface area contributed by atoms with Crippen molar-refractivity contribution in [2.75, 3.05) is 11.1 Å². The van der Waals surface area contributed by atoms with Gasteiger partial charge in [0.1, 0.15) is 12.1 Å². The molecule has 0 spiro atoms. The van der Waals surface area contributed by atoms with Crippen LogP contribution in [-0.2, 0) is 4.79 Å². The summed E-state index contributed by atoms with van der Waals surface area (Å²) in [5.41, 5.74) is 2.06. The van der Waals surface area contributed by atoms with Gasteiger partial charge in [-0.15, -0.1) is 11.8 Å². The van der Waals surface area contributed by atoms with Crippen molar-refractivity contribution in [2.24, 2.45) is 0 Å². The van der Waals surface area contributed by atoms with Crippen LogP contribution >= 0.6 is 11.8 Å². The molecule has 1 aromatic heterocycles. The molecule has 0 saturated carbocycles. The Bertz CT molecular complexity index is 858. The molecule has 4 nitrogen and oxygen atoms in total. The SMILES string of the molecule is O=C(CCSc1cc(-c2ccccc2)ncn1)Nc1ccccc1F. The molecule has 0 unspecified atom stereocenters. The van der Waals surface area contributed by atoms with E-state index in [1.807, 2.05) is 36.4 Å². The first-order valence-electron chi connectivity index (χ1n) is 7.77. The van der Waals surface area contributed by atoms with E-state index in [1.165, 1.54) is 30.2 Å². The molecule has 126 valence electrons. The summed E-state index contributed by atoms with van der Waals surface area (Å²) < 4.78 is 13.5. The molecule has 0 aliphatic rings. The van der Waals surface area contributed by atoms with Crippen molar-refractivity contribution in [3.05, 3.63) is 72.8 Å². The van der Waals surface area contributed by atoms with Crippen LogP contribution in [-0.4, -0.2) is 21.6 Å². The largest absolute Gasteiger partial charge is 0.324 e. The van der Waals surface area contributed by atoms with Gasteiger partial charge in [-0.3, -0.25) is 4.79 Å². The van der Waals surface area contributed by atoms with Gasteiger partial charge in [0.15, 0.2) is 0 Å². The number of rotatable bonds is 6. The number of carbonyl (C=O) groups excluding carboxylic acids is 1. The van der Waals surface area contributed by atoms with E-state index in [4.69, 9.17) is 0 Å². The molecular weight excluding hydrogens is 337 g/mol. The molecule has 1 heterocycles. The fourth-order valence-electron chi connectivity index (χ4n) is 2.21. The predicted octanol–water partition coefficient (Wildman–Crippen LogP) is 4.40. The summed E-state index contributed by atoms with van der Waals surface area (Å²) in [6.07, 6.45) is 1.79. The Morgan fingerprint density at radius 2 is 1.80 bits per heavy atom. The van der Waals surface area contributed by atoms with Crippen molar-refractivity contribution in [3.63, 3.8) is 0 Å². The van der Waals surface area contributed by atoms with Crippen molar-refractivity contribution in [1.29, 1.82) is 0 Å². The quantitative estimate of drug-likeness (QED) is 0.527. The Balaban J connectivity index is 1.54. The lowest BCUT2D eigenvalue weighted by atomic mass is 10.1. The summed E-state index contributed by atoms with van der Waals surface area (Å²) >= 11 is 1.47. The molecule has 0 aliphatic carbocycles. The molecule has 0 aliphatic heterocycles. The summed E-state index contributed by atoms with van der Waals surface area (Å²) in [6, 6.07) is 17.8. The van der Waals surface area contributed by atoms with Crippen molar-refractivity contribution in [1.82, 2.24) is 9.97 Å². The van der Waals surface area contributed by atoms with E-state index in [9.17, 15) is 9.18 Å². The molecule has 0 saturated heterocycles. The first kappa shape index (κ1) is 17.1. The van der Waals surface area contributed by atoms with E-state index in [0.29, 0.717) is 5.75 Å². The zero-order valence-corrected chi connectivity index (χ0v) is 14.2. The minimum absolute atomic E-state index is 0.200. The second kappa shape index (κ2) is 8.39. The zero-order valence-electron chi connectivity index (χ0n) is 13.4. The maximum Gasteiger partial charge on any atom is 0.225 e. The van der Waals surface area contributed by atoms with Crippen LogP contribution in [0, 0.1) is 5.82 Å². The topological polar surface area (TPSA) is 54.9 Å². The number of anilines is 1. The third-order valence-electron chi connectivity index (χ3n) is 3.44. The van der Waals surface area contributed by atoms with Crippen molar-refractivity contribution >= 4 is 23.4 Å². The fraction of sp³-hybridized carbons (Fsp3) is 0.105. The second-order valence-electron chi connectivity index (χ2n) is 5.23. The lowest BCUT2D eigenvalue weighted by Crippen LogP contribution is -2.13. The molecule has 0 fully saturated rings. The molecule has 6 heteroatoms. The van der Waals surface area contributed by atoms with Crippen LogP contribution in [0.15, 0.2) is 72.0 Å². The molecule has 1 N–H and O–H groups in total. The van der Waals surface area contributed by atoms with Gasteiger partial charge in [0.2, 0.25) is 5.91 Å². The monoisotopic (exact) mass is 353 g/mol. The molecular formula is C19H16FN3OS. The van der Waals surface area contributed by atoms with Gasteiger partial charge in [-0.25, -0.2) is 14.4 Å². The van der Waals surface area contributed by atoms with Crippen LogP contribution in [0.5, 0.6) is 0 Å². The number of nitrogens with one attached hydrogen (secondary N) is 1. The smallest absolute Gasteiger partial charge is 0.225 e. The van der Waals surface area contributed by atoms with Crippen LogP contribution in [0.4, 0.5) is 10.1 Å². The van der Waals surface area contributed by atoms with Gasteiger partial charge >= 0.3 is 0 Å². The van der Waals surface area contributed by atoms with Crippen molar-refractivity contribution in [3.8, 4) is 11.3 Å². The number of aromatic nitrogens is 2. The molecule has 3 aromatic rings. The van der Waals surface area contributed by atoms with E-state index in [2.05, 4.69) is 15.3 Å². The molecule has 25 heavy (non-hydrogen) atoms. The molecule has 0 bridgehead atoms. The first-order chi connectivity index (χ1) is 12.2. The maximum atomic E-state index is 13.5. The number of carbonyl (C=O) groups is 1. The number of hydrogen-bond acceptors (Lipinski definition) is 4. The maximum absolute atomic E-state index is 13.5.